The minimum Gasteiger partial charge on any atom is -0.321 e. The molecule has 0 saturated carbocycles. The second-order valence-electron chi connectivity index (χ2n) is 7.11. The lowest BCUT2D eigenvalue weighted by atomic mass is 10.3. The number of benzene rings is 2. The zero-order valence-electron chi connectivity index (χ0n) is 15.3. The van der Waals surface area contributed by atoms with E-state index in [1.165, 1.54) is 20.6 Å². The van der Waals surface area contributed by atoms with E-state index >= 15 is 0 Å². The van der Waals surface area contributed by atoms with Crippen molar-refractivity contribution in [1.82, 2.24) is 4.98 Å². The summed E-state index contributed by atoms with van der Waals surface area (Å²) in [4.78, 5) is 19.6. The molecular formula is C20H22F2N4OS+2. The summed E-state index contributed by atoms with van der Waals surface area (Å²) in [5, 5.41) is 3.79. The number of thiazole rings is 1. The molecule has 3 N–H and O–H groups in total. The van der Waals surface area contributed by atoms with Crippen LogP contribution in [-0.4, -0.2) is 43.6 Å². The fraction of sp³-hybridized carbons (Fsp3) is 0.300. The quantitative estimate of drug-likeness (QED) is 0.580. The van der Waals surface area contributed by atoms with Crippen LogP contribution in [0.2, 0.25) is 0 Å². The Labute approximate surface area is 165 Å². The summed E-state index contributed by atoms with van der Waals surface area (Å²) in [6, 6.07) is 11.6. The Morgan fingerprint density at radius 2 is 1.79 bits per heavy atom. The maximum Gasteiger partial charge on any atom is 0.279 e. The zero-order valence-corrected chi connectivity index (χ0v) is 16.1. The van der Waals surface area contributed by atoms with Gasteiger partial charge in [0, 0.05) is 11.8 Å². The van der Waals surface area contributed by atoms with E-state index in [2.05, 4.69) is 11.4 Å². The van der Waals surface area contributed by atoms with Crippen LogP contribution in [0.15, 0.2) is 42.5 Å². The number of halogens is 2. The highest BCUT2D eigenvalue weighted by Crippen LogP contribution is 2.20. The van der Waals surface area contributed by atoms with Crippen molar-refractivity contribution in [2.45, 2.75) is 6.54 Å². The van der Waals surface area contributed by atoms with Crippen molar-refractivity contribution in [2.75, 3.05) is 38.0 Å². The number of piperazine rings is 1. The van der Waals surface area contributed by atoms with Crippen molar-refractivity contribution in [3.63, 3.8) is 0 Å². The fourth-order valence-electron chi connectivity index (χ4n) is 3.53. The van der Waals surface area contributed by atoms with Crippen LogP contribution in [-0.2, 0) is 11.3 Å². The number of rotatable bonds is 5. The number of fused-ring (bicyclic) bond motifs is 1. The molecule has 3 aromatic rings. The van der Waals surface area contributed by atoms with E-state index in [4.69, 9.17) is 4.98 Å². The number of nitrogens with one attached hydrogen (secondary N) is 3. The number of para-hydroxylation sites is 1. The van der Waals surface area contributed by atoms with Gasteiger partial charge in [-0.15, -0.1) is 11.3 Å². The summed E-state index contributed by atoms with van der Waals surface area (Å²) in [5.74, 6) is -2.07. The van der Waals surface area contributed by atoms with Crippen LogP contribution < -0.4 is 15.1 Å². The monoisotopic (exact) mass is 404 g/mol. The number of amides is 1. The SMILES string of the molecule is O=C(C[NH+]1CC[NH+](Cc2nc3ccccc3s2)CC1)Nc1ccc(F)c(F)c1. The molecule has 0 atom stereocenters. The van der Waals surface area contributed by atoms with Crippen LogP contribution in [0.1, 0.15) is 5.01 Å². The molecule has 0 spiro atoms. The molecule has 8 heteroatoms. The molecule has 146 valence electrons. The van der Waals surface area contributed by atoms with Crippen molar-refractivity contribution in [3.05, 3.63) is 59.1 Å². The Morgan fingerprint density at radius 1 is 1.04 bits per heavy atom. The molecular weight excluding hydrogens is 382 g/mol. The van der Waals surface area contributed by atoms with Crippen molar-refractivity contribution >= 4 is 33.1 Å². The van der Waals surface area contributed by atoms with Crippen molar-refractivity contribution < 1.29 is 23.4 Å². The van der Waals surface area contributed by atoms with E-state index in [0.717, 1.165) is 55.4 Å². The summed E-state index contributed by atoms with van der Waals surface area (Å²) < 4.78 is 27.4. The lowest BCUT2D eigenvalue weighted by Gasteiger charge is -2.28. The van der Waals surface area contributed by atoms with Crippen LogP contribution in [0.25, 0.3) is 10.2 Å². The van der Waals surface area contributed by atoms with Crippen LogP contribution in [0.3, 0.4) is 0 Å². The molecule has 2 aromatic carbocycles. The second-order valence-corrected chi connectivity index (χ2v) is 8.22. The molecule has 0 radical (unpaired) electrons. The Hall–Kier alpha value is -2.42. The van der Waals surface area contributed by atoms with Crippen molar-refractivity contribution in [1.29, 1.82) is 0 Å². The third-order valence-corrected chi connectivity index (χ3v) is 6.05. The number of hydrogen-bond donors (Lipinski definition) is 3. The fourth-order valence-corrected chi connectivity index (χ4v) is 4.57. The van der Waals surface area contributed by atoms with Gasteiger partial charge in [-0.05, 0) is 24.3 Å². The Balaban J connectivity index is 1.25. The van der Waals surface area contributed by atoms with E-state index in [0.29, 0.717) is 6.54 Å². The summed E-state index contributed by atoms with van der Waals surface area (Å²) >= 11 is 1.75. The molecule has 4 rings (SSSR count). The molecule has 0 bridgehead atoms. The van der Waals surface area contributed by atoms with Crippen LogP contribution in [0, 0.1) is 11.6 Å². The molecule has 1 fully saturated rings. The molecule has 1 aliphatic rings. The third kappa shape index (κ3) is 4.52. The van der Waals surface area contributed by atoms with Gasteiger partial charge in [-0.3, -0.25) is 4.79 Å². The van der Waals surface area contributed by atoms with Gasteiger partial charge in [-0.2, -0.15) is 0 Å². The minimum atomic E-state index is -0.961. The van der Waals surface area contributed by atoms with Crippen molar-refractivity contribution in [2.24, 2.45) is 0 Å². The Morgan fingerprint density at radius 3 is 2.54 bits per heavy atom. The van der Waals surface area contributed by atoms with E-state index in [-0.39, 0.29) is 11.6 Å². The minimum absolute atomic E-state index is 0.185. The summed E-state index contributed by atoms with van der Waals surface area (Å²) in [6.07, 6.45) is 0. The Bertz CT molecular complexity index is 952. The molecule has 1 saturated heterocycles. The Kier molecular flexibility index (Phi) is 5.61. The first-order valence-electron chi connectivity index (χ1n) is 9.33. The predicted molar refractivity (Wildman–Crippen MR) is 105 cm³/mol. The number of hydrogen-bond acceptors (Lipinski definition) is 3. The number of carbonyl (C=O) groups is 1. The maximum atomic E-state index is 13.2. The average Bonchev–Trinajstić information content (AvgIpc) is 3.08. The highest BCUT2D eigenvalue weighted by atomic mass is 32.1. The normalized spacial score (nSPS) is 19.6. The van der Waals surface area contributed by atoms with Gasteiger partial charge in [0.1, 0.15) is 37.7 Å². The lowest BCUT2D eigenvalue weighted by molar-refractivity contribution is -1.01. The molecule has 1 aromatic heterocycles. The third-order valence-electron chi connectivity index (χ3n) is 5.02. The van der Waals surface area contributed by atoms with Gasteiger partial charge in [0.2, 0.25) is 0 Å². The standard InChI is InChI=1S/C20H20F2N4OS/c21-15-6-5-14(11-16(15)22)23-19(27)12-25-7-9-26(10-8-25)13-20-24-17-3-1-2-4-18(17)28-20/h1-6,11H,7-10,12-13H2,(H,23,27)/p+2. The molecule has 5 nitrogen and oxygen atoms in total. The maximum absolute atomic E-state index is 13.2. The van der Waals surface area contributed by atoms with Crippen LogP contribution in [0.4, 0.5) is 14.5 Å². The number of anilines is 1. The molecule has 2 heterocycles. The molecule has 0 unspecified atom stereocenters. The number of carbonyl (C=O) groups excluding carboxylic acids is 1. The van der Waals surface area contributed by atoms with Gasteiger partial charge in [0.05, 0.1) is 10.2 Å². The summed E-state index contributed by atoms with van der Waals surface area (Å²) in [6.45, 7) is 4.98. The van der Waals surface area contributed by atoms with Gasteiger partial charge in [-0.1, -0.05) is 12.1 Å². The first-order valence-corrected chi connectivity index (χ1v) is 10.1. The average molecular weight is 404 g/mol. The van der Waals surface area contributed by atoms with Crippen LogP contribution in [0.5, 0.6) is 0 Å². The van der Waals surface area contributed by atoms with Crippen LogP contribution >= 0.6 is 11.3 Å². The van der Waals surface area contributed by atoms with E-state index in [9.17, 15) is 13.6 Å². The molecule has 0 aliphatic carbocycles. The number of nitrogens with zero attached hydrogens (tertiary/aromatic N) is 1. The number of aromatic nitrogens is 1. The predicted octanol–water partition coefficient (Wildman–Crippen LogP) is 0.497. The van der Waals surface area contributed by atoms with Gasteiger partial charge in [-0.25, -0.2) is 13.8 Å². The van der Waals surface area contributed by atoms with E-state index in [1.807, 2.05) is 18.2 Å². The van der Waals surface area contributed by atoms with Crippen molar-refractivity contribution in [3.8, 4) is 0 Å². The lowest BCUT2D eigenvalue weighted by Crippen LogP contribution is -3.28. The summed E-state index contributed by atoms with van der Waals surface area (Å²) in [7, 11) is 0. The zero-order chi connectivity index (χ0) is 19.5. The number of quaternary nitrogens is 2. The topological polar surface area (TPSA) is 50.9 Å². The highest BCUT2D eigenvalue weighted by Gasteiger charge is 2.25. The first-order chi connectivity index (χ1) is 13.6. The van der Waals surface area contributed by atoms with Gasteiger partial charge in [0.25, 0.3) is 5.91 Å². The van der Waals surface area contributed by atoms with Gasteiger partial charge < -0.3 is 15.1 Å². The van der Waals surface area contributed by atoms with E-state index in [1.54, 1.807) is 11.3 Å². The van der Waals surface area contributed by atoms with Gasteiger partial charge >= 0.3 is 0 Å². The molecule has 1 amide bonds. The van der Waals surface area contributed by atoms with E-state index < -0.39 is 11.6 Å². The van der Waals surface area contributed by atoms with Gasteiger partial charge in [0.15, 0.2) is 18.2 Å². The molecule has 1 aliphatic heterocycles. The second kappa shape index (κ2) is 8.30. The largest absolute Gasteiger partial charge is 0.321 e. The smallest absolute Gasteiger partial charge is 0.279 e. The molecule has 28 heavy (non-hydrogen) atoms. The first kappa shape index (κ1) is 18.9. The summed E-state index contributed by atoms with van der Waals surface area (Å²) in [5.41, 5.74) is 1.34. The highest BCUT2D eigenvalue weighted by molar-refractivity contribution is 7.18.